The van der Waals surface area contributed by atoms with Gasteiger partial charge in [0.1, 0.15) is 0 Å². The first kappa shape index (κ1) is 17.9. The molecule has 0 aliphatic rings. The highest BCUT2D eigenvalue weighted by Crippen LogP contribution is 2.10. The van der Waals surface area contributed by atoms with Gasteiger partial charge in [-0.1, -0.05) is 67.8 Å². The fourth-order valence-corrected chi connectivity index (χ4v) is 2.33. The summed E-state index contributed by atoms with van der Waals surface area (Å²) in [5.74, 6) is 0.237. The average Bonchev–Trinajstić information content (AvgIpc) is 2.37. The van der Waals surface area contributed by atoms with Crippen LogP contribution in [0.2, 0.25) is 0 Å². The molecule has 0 aliphatic heterocycles. The first-order valence-corrected chi connectivity index (χ1v) is 8.76. The van der Waals surface area contributed by atoms with Gasteiger partial charge in [0.25, 0.3) is 0 Å². The van der Waals surface area contributed by atoms with Crippen molar-refractivity contribution in [3.63, 3.8) is 0 Å². The van der Waals surface area contributed by atoms with Gasteiger partial charge in [-0.2, -0.15) is 0 Å². The lowest BCUT2D eigenvalue weighted by Crippen LogP contribution is -2.23. The summed E-state index contributed by atoms with van der Waals surface area (Å²) in [6.45, 7) is 2.99. The van der Waals surface area contributed by atoms with Crippen molar-refractivity contribution in [2.75, 3.05) is 11.9 Å². The molecule has 0 aromatic carbocycles. The van der Waals surface area contributed by atoms with Crippen LogP contribution < -0.4 is 5.32 Å². The zero-order chi connectivity index (χ0) is 13.5. The van der Waals surface area contributed by atoms with E-state index in [-0.39, 0.29) is 5.91 Å². The molecule has 0 heterocycles. The van der Waals surface area contributed by atoms with Gasteiger partial charge in [0, 0.05) is 18.3 Å². The summed E-state index contributed by atoms with van der Waals surface area (Å²) in [6.07, 6.45) is 13.2. The molecule has 0 aromatic heterocycles. The van der Waals surface area contributed by atoms with Crippen LogP contribution in [0.3, 0.4) is 0 Å². The second-order valence-electron chi connectivity index (χ2n) is 4.97. The maximum Gasteiger partial charge on any atom is 0.219 e. The SMILES string of the molecule is CCCCNC(=O)CCCCCCCCCCBr. The highest BCUT2D eigenvalue weighted by atomic mass is 79.9. The van der Waals surface area contributed by atoms with E-state index in [2.05, 4.69) is 28.2 Å². The fraction of sp³-hybridized carbons (Fsp3) is 0.933. The number of carbonyl (C=O) groups excluding carboxylic acids is 1. The van der Waals surface area contributed by atoms with Crippen molar-refractivity contribution < 1.29 is 4.79 Å². The smallest absolute Gasteiger partial charge is 0.219 e. The van der Waals surface area contributed by atoms with E-state index in [1.54, 1.807) is 0 Å². The van der Waals surface area contributed by atoms with Crippen molar-refractivity contribution in [2.45, 2.75) is 77.6 Å². The maximum absolute atomic E-state index is 11.4. The third kappa shape index (κ3) is 14.0. The number of carbonyl (C=O) groups is 1. The molecule has 0 aliphatic carbocycles. The molecule has 0 saturated carbocycles. The van der Waals surface area contributed by atoms with Crippen LogP contribution in [-0.2, 0) is 4.79 Å². The van der Waals surface area contributed by atoms with E-state index in [0.717, 1.165) is 31.1 Å². The normalized spacial score (nSPS) is 10.6. The number of hydrogen-bond donors (Lipinski definition) is 1. The second-order valence-corrected chi connectivity index (χ2v) is 5.76. The minimum Gasteiger partial charge on any atom is -0.356 e. The van der Waals surface area contributed by atoms with Gasteiger partial charge in [0.15, 0.2) is 0 Å². The van der Waals surface area contributed by atoms with E-state index < -0.39 is 0 Å². The molecule has 3 heteroatoms. The standard InChI is InChI=1S/C15H30BrNO/c1-2-3-14-17-15(18)12-10-8-6-4-5-7-9-11-13-16/h2-14H2,1H3,(H,17,18). The molecule has 0 rings (SSSR count). The monoisotopic (exact) mass is 319 g/mol. The Kier molecular flexibility index (Phi) is 15.0. The van der Waals surface area contributed by atoms with E-state index in [1.807, 2.05) is 0 Å². The topological polar surface area (TPSA) is 29.1 Å². The Hall–Kier alpha value is -0.0500. The van der Waals surface area contributed by atoms with Gasteiger partial charge in [-0.3, -0.25) is 4.79 Å². The molecule has 2 nitrogen and oxygen atoms in total. The van der Waals surface area contributed by atoms with Crippen LogP contribution in [0.15, 0.2) is 0 Å². The summed E-state index contributed by atoms with van der Waals surface area (Å²) in [6, 6.07) is 0. The van der Waals surface area contributed by atoms with Crippen molar-refractivity contribution in [1.82, 2.24) is 5.32 Å². The van der Waals surface area contributed by atoms with Crippen molar-refractivity contribution in [3.8, 4) is 0 Å². The lowest BCUT2D eigenvalue weighted by atomic mass is 10.1. The van der Waals surface area contributed by atoms with E-state index in [0.29, 0.717) is 6.42 Å². The lowest BCUT2D eigenvalue weighted by molar-refractivity contribution is -0.121. The Morgan fingerprint density at radius 1 is 0.889 bits per heavy atom. The van der Waals surface area contributed by atoms with Gasteiger partial charge in [0.05, 0.1) is 0 Å². The number of nitrogens with one attached hydrogen (secondary N) is 1. The molecule has 0 unspecified atom stereocenters. The van der Waals surface area contributed by atoms with Crippen molar-refractivity contribution in [2.24, 2.45) is 0 Å². The quantitative estimate of drug-likeness (QED) is 0.383. The summed E-state index contributed by atoms with van der Waals surface area (Å²) < 4.78 is 0. The number of hydrogen-bond acceptors (Lipinski definition) is 1. The second kappa shape index (κ2) is 15.0. The van der Waals surface area contributed by atoms with Crippen LogP contribution >= 0.6 is 15.9 Å². The van der Waals surface area contributed by atoms with Crippen molar-refractivity contribution in [1.29, 1.82) is 0 Å². The van der Waals surface area contributed by atoms with Gasteiger partial charge in [-0.15, -0.1) is 0 Å². The highest BCUT2D eigenvalue weighted by molar-refractivity contribution is 9.09. The summed E-state index contributed by atoms with van der Waals surface area (Å²) in [5, 5.41) is 4.10. The van der Waals surface area contributed by atoms with Gasteiger partial charge in [-0.05, 0) is 19.3 Å². The molecule has 0 fully saturated rings. The number of rotatable bonds is 13. The van der Waals surface area contributed by atoms with E-state index in [1.165, 1.54) is 44.9 Å². The molecule has 0 saturated heterocycles. The molecule has 0 atom stereocenters. The maximum atomic E-state index is 11.4. The number of amides is 1. The molecule has 0 bridgehead atoms. The molecule has 0 radical (unpaired) electrons. The molecule has 18 heavy (non-hydrogen) atoms. The van der Waals surface area contributed by atoms with Crippen LogP contribution in [0.1, 0.15) is 77.6 Å². The number of alkyl halides is 1. The summed E-state index contributed by atoms with van der Waals surface area (Å²) in [5.41, 5.74) is 0. The lowest BCUT2D eigenvalue weighted by Gasteiger charge is -2.04. The molecular weight excluding hydrogens is 290 g/mol. The predicted molar refractivity (Wildman–Crippen MR) is 83.3 cm³/mol. The highest BCUT2D eigenvalue weighted by Gasteiger charge is 1.99. The van der Waals surface area contributed by atoms with E-state index in [4.69, 9.17) is 0 Å². The summed E-state index contributed by atoms with van der Waals surface area (Å²) >= 11 is 3.45. The molecule has 0 spiro atoms. The number of unbranched alkanes of at least 4 members (excludes halogenated alkanes) is 8. The van der Waals surface area contributed by atoms with Crippen LogP contribution in [0.4, 0.5) is 0 Å². The van der Waals surface area contributed by atoms with Gasteiger partial charge < -0.3 is 5.32 Å². The largest absolute Gasteiger partial charge is 0.356 e. The molecular formula is C15H30BrNO. The van der Waals surface area contributed by atoms with Crippen LogP contribution in [-0.4, -0.2) is 17.8 Å². The zero-order valence-electron chi connectivity index (χ0n) is 12.0. The summed E-state index contributed by atoms with van der Waals surface area (Å²) in [7, 11) is 0. The molecule has 108 valence electrons. The van der Waals surface area contributed by atoms with Gasteiger partial charge >= 0.3 is 0 Å². The Morgan fingerprint density at radius 3 is 2.00 bits per heavy atom. The van der Waals surface area contributed by atoms with Crippen molar-refractivity contribution in [3.05, 3.63) is 0 Å². The van der Waals surface area contributed by atoms with Crippen LogP contribution in [0, 0.1) is 0 Å². The first-order chi connectivity index (χ1) is 8.81. The molecule has 1 N–H and O–H groups in total. The molecule has 1 amide bonds. The van der Waals surface area contributed by atoms with Gasteiger partial charge in [-0.25, -0.2) is 0 Å². The fourth-order valence-electron chi connectivity index (χ4n) is 1.93. The Balaban J connectivity index is 3.08. The Labute approximate surface area is 121 Å². The zero-order valence-corrected chi connectivity index (χ0v) is 13.6. The third-order valence-electron chi connectivity index (χ3n) is 3.14. The van der Waals surface area contributed by atoms with E-state index in [9.17, 15) is 4.79 Å². The summed E-state index contributed by atoms with van der Waals surface area (Å²) in [4.78, 5) is 11.4. The van der Waals surface area contributed by atoms with Crippen LogP contribution in [0.25, 0.3) is 0 Å². The minimum absolute atomic E-state index is 0.237. The first-order valence-electron chi connectivity index (χ1n) is 7.64. The molecule has 0 aromatic rings. The predicted octanol–water partition coefficient (Wildman–Crippen LogP) is 4.81. The Morgan fingerprint density at radius 2 is 1.44 bits per heavy atom. The van der Waals surface area contributed by atoms with E-state index >= 15 is 0 Å². The third-order valence-corrected chi connectivity index (χ3v) is 3.70. The van der Waals surface area contributed by atoms with Crippen molar-refractivity contribution >= 4 is 21.8 Å². The Bertz CT molecular complexity index is 185. The average molecular weight is 320 g/mol. The minimum atomic E-state index is 0.237. The number of halogens is 1. The van der Waals surface area contributed by atoms with Crippen LogP contribution in [0.5, 0.6) is 0 Å². The van der Waals surface area contributed by atoms with Gasteiger partial charge in [0.2, 0.25) is 5.91 Å².